The number of quaternary nitrogens is 1. The highest BCUT2D eigenvalue weighted by molar-refractivity contribution is 5.97. The number of carbonyl (C=O) groups is 2. The third kappa shape index (κ3) is 5.32. The van der Waals surface area contributed by atoms with Crippen LogP contribution in [0.2, 0.25) is 0 Å². The van der Waals surface area contributed by atoms with Crippen LogP contribution in [0.25, 0.3) is 0 Å². The summed E-state index contributed by atoms with van der Waals surface area (Å²) in [5, 5.41) is 5.42. The molecule has 0 saturated heterocycles. The van der Waals surface area contributed by atoms with Gasteiger partial charge >= 0.3 is 0 Å². The van der Waals surface area contributed by atoms with E-state index in [1.807, 2.05) is 26.1 Å². The molecule has 6 nitrogen and oxygen atoms in total. The van der Waals surface area contributed by atoms with Gasteiger partial charge < -0.3 is 20.3 Å². The van der Waals surface area contributed by atoms with Crippen LogP contribution < -0.4 is 20.3 Å². The first-order valence-corrected chi connectivity index (χ1v) is 8.49. The summed E-state index contributed by atoms with van der Waals surface area (Å²) in [5.41, 5.74) is 3.34. The Kier molecular flexibility index (Phi) is 6.74. The number of anilines is 1. The molecule has 0 aliphatic rings. The molecule has 6 heteroatoms. The van der Waals surface area contributed by atoms with Crippen LogP contribution in [0, 0.1) is 6.92 Å². The van der Waals surface area contributed by atoms with Crippen LogP contribution in [0.5, 0.6) is 5.75 Å². The standard InChI is InChI=1S/C20H25N3O3/c1-14-8-9-18(26-4)16(10-14)12-23(3)13-19(24)22-17-7-5-6-15(11-17)20(25)21-2/h5-11H,12-13H2,1-4H3,(H,21,25)(H,22,24)/p+1. The first-order valence-electron chi connectivity index (χ1n) is 8.49. The summed E-state index contributed by atoms with van der Waals surface area (Å²) in [6.07, 6.45) is 0. The van der Waals surface area contributed by atoms with Crippen LogP contribution in [-0.2, 0) is 11.3 Å². The van der Waals surface area contributed by atoms with Crippen LogP contribution in [0.1, 0.15) is 21.5 Å². The average molecular weight is 356 g/mol. The molecule has 0 aromatic heterocycles. The number of likely N-dealkylation sites (N-methyl/N-ethyl adjacent to an activating group) is 1. The number of hydrogen-bond donors (Lipinski definition) is 3. The maximum Gasteiger partial charge on any atom is 0.279 e. The maximum atomic E-state index is 12.3. The van der Waals surface area contributed by atoms with Crippen molar-refractivity contribution < 1.29 is 19.2 Å². The Morgan fingerprint density at radius 3 is 2.62 bits per heavy atom. The Balaban J connectivity index is 1.97. The van der Waals surface area contributed by atoms with E-state index in [0.717, 1.165) is 21.8 Å². The van der Waals surface area contributed by atoms with Crippen LogP contribution in [0.4, 0.5) is 5.69 Å². The molecule has 1 atom stereocenters. The molecule has 138 valence electrons. The second-order valence-electron chi connectivity index (χ2n) is 6.33. The molecular weight excluding hydrogens is 330 g/mol. The average Bonchev–Trinajstić information content (AvgIpc) is 2.61. The van der Waals surface area contributed by atoms with Crippen molar-refractivity contribution in [3.8, 4) is 5.75 Å². The Morgan fingerprint density at radius 1 is 1.15 bits per heavy atom. The number of amides is 2. The largest absolute Gasteiger partial charge is 0.496 e. The first-order chi connectivity index (χ1) is 12.4. The number of ether oxygens (including phenoxy) is 1. The fourth-order valence-corrected chi connectivity index (χ4v) is 2.79. The van der Waals surface area contributed by atoms with E-state index < -0.39 is 0 Å². The number of aryl methyl sites for hydroxylation is 1. The van der Waals surface area contributed by atoms with Gasteiger partial charge in [-0.3, -0.25) is 9.59 Å². The second kappa shape index (κ2) is 9.01. The van der Waals surface area contributed by atoms with Crippen LogP contribution >= 0.6 is 0 Å². The smallest absolute Gasteiger partial charge is 0.279 e. The van der Waals surface area contributed by atoms with Crippen LogP contribution in [-0.4, -0.2) is 39.6 Å². The van der Waals surface area contributed by atoms with Gasteiger partial charge in [-0.2, -0.15) is 0 Å². The van der Waals surface area contributed by atoms with E-state index in [0.29, 0.717) is 24.3 Å². The topological polar surface area (TPSA) is 71.9 Å². The van der Waals surface area contributed by atoms with Crippen molar-refractivity contribution in [3.63, 3.8) is 0 Å². The van der Waals surface area contributed by atoms with Gasteiger partial charge in [0.1, 0.15) is 12.3 Å². The van der Waals surface area contributed by atoms with E-state index >= 15 is 0 Å². The molecule has 0 spiro atoms. The van der Waals surface area contributed by atoms with Crippen LogP contribution in [0.15, 0.2) is 42.5 Å². The Hall–Kier alpha value is -2.86. The number of hydrogen-bond acceptors (Lipinski definition) is 3. The highest BCUT2D eigenvalue weighted by Gasteiger charge is 2.14. The molecule has 0 bridgehead atoms. The number of benzene rings is 2. The third-order valence-corrected chi connectivity index (χ3v) is 4.03. The highest BCUT2D eigenvalue weighted by Crippen LogP contribution is 2.18. The lowest BCUT2D eigenvalue weighted by Crippen LogP contribution is -3.08. The maximum absolute atomic E-state index is 12.3. The van der Waals surface area contributed by atoms with Crippen molar-refractivity contribution in [1.82, 2.24) is 5.32 Å². The summed E-state index contributed by atoms with van der Waals surface area (Å²) >= 11 is 0. The predicted octanol–water partition coefficient (Wildman–Crippen LogP) is 1.02. The van der Waals surface area contributed by atoms with Gasteiger partial charge in [0, 0.05) is 23.9 Å². The summed E-state index contributed by atoms with van der Waals surface area (Å²) in [7, 11) is 5.18. The summed E-state index contributed by atoms with van der Waals surface area (Å²) in [6.45, 7) is 3.02. The minimum atomic E-state index is -0.185. The summed E-state index contributed by atoms with van der Waals surface area (Å²) in [6, 6.07) is 12.9. The minimum Gasteiger partial charge on any atom is -0.496 e. The zero-order chi connectivity index (χ0) is 19.1. The molecule has 0 radical (unpaired) electrons. The van der Waals surface area contributed by atoms with E-state index in [1.54, 1.807) is 38.4 Å². The molecule has 0 fully saturated rings. The van der Waals surface area contributed by atoms with Gasteiger partial charge in [-0.1, -0.05) is 17.7 Å². The van der Waals surface area contributed by atoms with Gasteiger partial charge in [-0.15, -0.1) is 0 Å². The molecule has 3 N–H and O–H groups in total. The third-order valence-electron chi connectivity index (χ3n) is 4.03. The van der Waals surface area contributed by atoms with E-state index in [1.165, 1.54) is 0 Å². The van der Waals surface area contributed by atoms with Crippen molar-refractivity contribution in [2.75, 3.05) is 33.1 Å². The highest BCUT2D eigenvalue weighted by atomic mass is 16.5. The van der Waals surface area contributed by atoms with Gasteiger partial charge in [-0.05, 0) is 37.3 Å². The number of carbonyl (C=O) groups excluding carboxylic acids is 2. The summed E-state index contributed by atoms with van der Waals surface area (Å²) in [5.74, 6) is 0.534. The molecule has 2 amide bonds. The predicted molar refractivity (Wildman–Crippen MR) is 102 cm³/mol. The van der Waals surface area contributed by atoms with Gasteiger partial charge in [0.25, 0.3) is 11.8 Å². The monoisotopic (exact) mass is 356 g/mol. The minimum absolute atomic E-state index is 0.108. The van der Waals surface area contributed by atoms with E-state index in [2.05, 4.69) is 16.7 Å². The van der Waals surface area contributed by atoms with Crippen molar-refractivity contribution in [2.24, 2.45) is 0 Å². The fraction of sp³-hybridized carbons (Fsp3) is 0.300. The van der Waals surface area contributed by atoms with Crippen molar-refractivity contribution in [1.29, 1.82) is 0 Å². The van der Waals surface area contributed by atoms with Crippen molar-refractivity contribution >= 4 is 17.5 Å². The van der Waals surface area contributed by atoms with Gasteiger partial charge in [0.15, 0.2) is 6.54 Å². The first kappa shape index (κ1) is 19.5. The fourth-order valence-electron chi connectivity index (χ4n) is 2.79. The number of rotatable bonds is 7. The molecular formula is C20H26N3O3+. The molecule has 0 saturated carbocycles. The van der Waals surface area contributed by atoms with E-state index in [9.17, 15) is 9.59 Å². The zero-order valence-corrected chi connectivity index (χ0v) is 15.7. The van der Waals surface area contributed by atoms with Gasteiger partial charge in [0.05, 0.1) is 14.2 Å². The Bertz CT molecular complexity index is 790. The zero-order valence-electron chi connectivity index (χ0n) is 15.7. The Labute approximate surface area is 154 Å². The molecule has 2 rings (SSSR count). The van der Waals surface area contributed by atoms with E-state index in [-0.39, 0.29) is 11.8 Å². The normalized spacial score (nSPS) is 11.5. The lowest BCUT2D eigenvalue weighted by Gasteiger charge is -2.16. The molecule has 0 heterocycles. The van der Waals surface area contributed by atoms with Crippen LogP contribution in [0.3, 0.4) is 0 Å². The van der Waals surface area contributed by atoms with Gasteiger partial charge in [0.2, 0.25) is 0 Å². The lowest BCUT2D eigenvalue weighted by atomic mass is 10.1. The van der Waals surface area contributed by atoms with Gasteiger partial charge in [-0.25, -0.2) is 0 Å². The lowest BCUT2D eigenvalue weighted by molar-refractivity contribution is -0.885. The van der Waals surface area contributed by atoms with E-state index in [4.69, 9.17) is 4.74 Å². The summed E-state index contributed by atoms with van der Waals surface area (Å²) < 4.78 is 5.40. The summed E-state index contributed by atoms with van der Waals surface area (Å²) in [4.78, 5) is 25.0. The molecule has 26 heavy (non-hydrogen) atoms. The number of methoxy groups -OCH3 is 1. The molecule has 2 aromatic rings. The second-order valence-corrected chi connectivity index (χ2v) is 6.33. The van der Waals surface area contributed by atoms with Crippen molar-refractivity contribution in [3.05, 3.63) is 59.2 Å². The quantitative estimate of drug-likeness (QED) is 0.694. The molecule has 0 aliphatic carbocycles. The molecule has 2 aromatic carbocycles. The SMILES string of the molecule is CNC(=O)c1cccc(NC(=O)C[NH+](C)Cc2cc(C)ccc2OC)c1. The number of nitrogens with one attached hydrogen (secondary N) is 3. The molecule has 1 unspecified atom stereocenters. The Morgan fingerprint density at radius 2 is 1.92 bits per heavy atom. The molecule has 0 aliphatic heterocycles. The van der Waals surface area contributed by atoms with Crippen molar-refractivity contribution in [2.45, 2.75) is 13.5 Å².